The highest BCUT2D eigenvalue weighted by Crippen LogP contribution is 2.23. The van der Waals surface area contributed by atoms with E-state index < -0.39 is 0 Å². The maximum absolute atomic E-state index is 5.81. The standard InChI is InChI=1S/C17H23N7O/c18-14-3-1-13(2-4-14)15-20-16(23-7-5-19-6-8-23)22-17(21-15)24-9-11-25-12-10-24/h1-4,19H,5-12,18H2. The van der Waals surface area contributed by atoms with Crippen molar-refractivity contribution in [2.75, 3.05) is 68.0 Å². The Hall–Kier alpha value is -2.45. The van der Waals surface area contributed by atoms with Crippen LogP contribution in [0.3, 0.4) is 0 Å². The second-order valence-electron chi connectivity index (χ2n) is 6.22. The zero-order chi connectivity index (χ0) is 17.1. The van der Waals surface area contributed by atoms with Crippen LogP contribution in [0.2, 0.25) is 0 Å². The molecule has 0 aliphatic carbocycles. The number of morpholine rings is 1. The maximum Gasteiger partial charge on any atom is 0.230 e. The molecule has 0 saturated carbocycles. The van der Waals surface area contributed by atoms with Gasteiger partial charge in [-0.2, -0.15) is 15.0 Å². The molecule has 2 fully saturated rings. The van der Waals surface area contributed by atoms with Crippen molar-refractivity contribution < 1.29 is 4.74 Å². The van der Waals surface area contributed by atoms with E-state index in [4.69, 9.17) is 25.4 Å². The third-order valence-electron chi connectivity index (χ3n) is 4.47. The van der Waals surface area contributed by atoms with Crippen LogP contribution in [0.4, 0.5) is 17.6 Å². The van der Waals surface area contributed by atoms with Gasteiger partial charge in [-0.1, -0.05) is 0 Å². The molecule has 8 heteroatoms. The average Bonchev–Trinajstić information content (AvgIpc) is 2.69. The molecule has 2 aliphatic heterocycles. The molecule has 25 heavy (non-hydrogen) atoms. The zero-order valence-electron chi connectivity index (χ0n) is 14.2. The summed E-state index contributed by atoms with van der Waals surface area (Å²) in [5, 5.41) is 3.36. The molecule has 132 valence electrons. The monoisotopic (exact) mass is 341 g/mol. The van der Waals surface area contributed by atoms with Crippen LogP contribution in [0.1, 0.15) is 0 Å². The van der Waals surface area contributed by atoms with E-state index in [2.05, 4.69) is 15.1 Å². The number of nitrogens with zero attached hydrogens (tertiary/aromatic N) is 5. The molecule has 0 unspecified atom stereocenters. The van der Waals surface area contributed by atoms with Crippen LogP contribution >= 0.6 is 0 Å². The summed E-state index contributed by atoms with van der Waals surface area (Å²) in [6.07, 6.45) is 0. The molecular formula is C17H23N7O. The number of aromatic nitrogens is 3. The number of anilines is 3. The molecule has 0 amide bonds. The summed E-state index contributed by atoms with van der Waals surface area (Å²) in [6, 6.07) is 7.65. The number of nitrogens with one attached hydrogen (secondary N) is 1. The van der Waals surface area contributed by atoms with Gasteiger partial charge >= 0.3 is 0 Å². The lowest BCUT2D eigenvalue weighted by atomic mass is 10.2. The Morgan fingerprint density at radius 1 is 0.840 bits per heavy atom. The number of piperazine rings is 1. The number of ether oxygens (including phenoxy) is 1. The Balaban J connectivity index is 1.72. The third-order valence-corrected chi connectivity index (χ3v) is 4.47. The van der Waals surface area contributed by atoms with Gasteiger partial charge in [0.05, 0.1) is 13.2 Å². The van der Waals surface area contributed by atoms with E-state index in [1.807, 2.05) is 24.3 Å². The molecule has 1 aromatic carbocycles. The number of benzene rings is 1. The molecular weight excluding hydrogens is 318 g/mol. The molecule has 8 nitrogen and oxygen atoms in total. The Morgan fingerprint density at radius 2 is 1.44 bits per heavy atom. The van der Waals surface area contributed by atoms with Gasteiger partial charge in [0, 0.05) is 50.5 Å². The lowest BCUT2D eigenvalue weighted by Gasteiger charge is -2.30. The summed E-state index contributed by atoms with van der Waals surface area (Å²) in [5.41, 5.74) is 7.48. The zero-order valence-corrected chi connectivity index (χ0v) is 14.2. The first-order valence-corrected chi connectivity index (χ1v) is 8.70. The number of hydrogen-bond donors (Lipinski definition) is 2. The number of nitrogens with two attached hydrogens (primary N) is 1. The van der Waals surface area contributed by atoms with Crippen LogP contribution in [-0.2, 0) is 4.74 Å². The molecule has 4 rings (SSSR count). The molecule has 2 aliphatic rings. The van der Waals surface area contributed by atoms with Gasteiger partial charge in [0.2, 0.25) is 11.9 Å². The highest BCUT2D eigenvalue weighted by molar-refractivity contribution is 5.61. The van der Waals surface area contributed by atoms with Crippen molar-refractivity contribution in [3.8, 4) is 11.4 Å². The Kier molecular flexibility index (Phi) is 4.62. The van der Waals surface area contributed by atoms with Gasteiger partial charge in [-0.3, -0.25) is 0 Å². The summed E-state index contributed by atoms with van der Waals surface area (Å²) in [4.78, 5) is 18.6. The van der Waals surface area contributed by atoms with Crippen molar-refractivity contribution in [2.45, 2.75) is 0 Å². The van der Waals surface area contributed by atoms with Crippen LogP contribution in [-0.4, -0.2) is 67.4 Å². The van der Waals surface area contributed by atoms with Gasteiger partial charge in [-0.05, 0) is 24.3 Å². The van der Waals surface area contributed by atoms with Gasteiger partial charge in [0.25, 0.3) is 0 Å². The average molecular weight is 341 g/mol. The van der Waals surface area contributed by atoms with Gasteiger partial charge in [-0.15, -0.1) is 0 Å². The molecule has 2 aromatic rings. The molecule has 3 N–H and O–H groups in total. The predicted molar refractivity (Wildman–Crippen MR) is 97.8 cm³/mol. The van der Waals surface area contributed by atoms with Crippen LogP contribution in [0.15, 0.2) is 24.3 Å². The Morgan fingerprint density at radius 3 is 2.08 bits per heavy atom. The first-order valence-electron chi connectivity index (χ1n) is 8.70. The minimum Gasteiger partial charge on any atom is -0.399 e. The smallest absolute Gasteiger partial charge is 0.230 e. The number of rotatable bonds is 3. The maximum atomic E-state index is 5.81. The van der Waals surface area contributed by atoms with Gasteiger partial charge in [0.1, 0.15) is 0 Å². The van der Waals surface area contributed by atoms with Crippen molar-refractivity contribution in [3.63, 3.8) is 0 Å². The van der Waals surface area contributed by atoms with Crippen molar-refractivity contribution >= 4 is 17.6 Å². The van der Waals surface area contributed by atoms with Crippen LogP contribution in [0.25, 0.3) is 11.4 Å². The second kappa shape index (κ2) is 7.20. The van der Waals surface area contributed by atoms with E-state index in [9.17, 15) is 0 Å². The van der Waals surface area contributed by atoms with Crippen molar-refractivity contribution in [1.29, 1.82) is 0 Å². The van der Waals surface area contributed by atoms with Crippen LogP contribution in [0, 0.1) is 0 Å². The fraction of sp³-hybridized carbons (Fsp3) is 0.471. The molecule has 0 bridgehead atoms. The van der Waals surface area contributed by atoms with Crippen LogP contribution in [0.5, 0.6) is 0 Å². The molecule has 2 saturated heterocycles. The summed E-state index contributed by atoms with van der Waals surface area (Å²) in [7, 11) is 0. The summed E-state index contributed by atoms with van der Waals surface area (Å²) in [6.45, 7) is 6.67. The molecule has 1 aromatic heterocycles. The Bertz CT molecular complexity index is 673. The number of nitrogen functional groups attached to an aromatic ring is 1. The summed E-state index contributed by atoms with van der Waals surface area (Å²) in [5.74, 6) is 2.15. The van der Waals surface area contributed by atoms with E-state index in [0.29, 0.717) is 19.0 Å². The summed E-state index contributed by atoms with van der Waals surface area (Å²) < 4.78 is 5.45. The Labute approximate surface area is 147 Å². The second-order valence-corrected chi connectivity index (χ2v) is 6.22. The van der Waals surface area contributed by atoms with Crippen molar-refractivity contribution in [3.05, 3.63) is 24.3 Å². The highest BCUT2D eigenvalue weighted by atomic mass is 16.5. The highest BCUT2D eigenvalue weighted by Gasteiger charge is 2.20. The largest absolute Gasteiger partial charge is 0.399 e. The molecule has 0 spiro atoms. The van der Waals surface area contributed by atoms with Gasteiger partial charge in [-0.25, -0.2) is 0 Å². The molecule has 3 heterocycles. The lowest BCUT2D eigenvalue weighted by molar-refractivity contribution is 0.122. The predicted octanol–water partition coefficient (Wildman–Crippen LogP) is 0.367. The topological polar surface area (TPSA) is 92.4 Å². The minimum atomic E-state index is 0.685. The fourth-order valence-electron chi connectivity index (χ4n) is 3.03. The van der Waals surface area contributed by atoms with E-state index in [-0.39, 0.29) is 0 Å². The molecule has 0 radical (unpaired) electrons. The van der Waals surface area contributed by atoms with E-state index in [0.717, 1.165) is 62.4 Å². The minimum absolute atomic E-state index is 0.685. The quantitative estimate of drug-likeness (QED) is 0.774. The van der Waals surface area contributed by atoms with Gasteiger partial charge < -0.3 is 25.6 Å². The lowest BCUT2D eigenvalue weighted by Crippen LogP contribution is -2.44. The SMILES string of the molecule is Nc1ccc(-c2nc(N3CCNCC3)nc(N3CCOCC3)n2)cc1. The van der Waals surface area contributed by atoms with Crippen molar-refractivity contribution in [1.82, 2.24) is 20.3 Å². The van der Waals surface area contributed by atoms with E-state index in [1.165, 1.54) is 0 Å². The first kappa shape index (κ1) is 16.0. The first-order chi connectivity index (χ1) is 12.3. The molecule has 0 atom stereocenters. The van der Waals surface area contributed by atoms with E-state index >= 15 is 0 Å². The fourth-order valence-corrected chi connectivity index (χ4v) is 3.03. The normalized spacial score (nSPS) is 18.4. The number of hydrogen-bond acceptors (Lipinski definition) is 8. The van der Waals surface area contributed by atoms with Crippen LogP contribution < -0.4 is 20.9 Å². The van der Waals surface area contributed by atoms with E-state index in [1.54, 1.807) is 0 Å². The summed E-state index contributed by atoms with van der Waals surface area (Å²) >= 11 is 0. The van der Waals surface area contributed by atoms with Gasteiger partial charge in [0.15, 0.2) is 5.82 Å². The third kappa shape index (κ3) is 3.64. The van der Waals surface area contributed by atoms with Crippen molar-refractivity contribution in [2.24, 2.45) is 0 Å².